The number of hydrogen-bond acceptors (Lipinski definition) is 2. The largest absolute Gasteiger partial charge is 1.00 e. The van der Waals surface area contributed by atoms with Gasteiger partial charge in [-0.1, -0.05) is 11.6 Å². The van der Waals surface area contributed by atoms with Crippen molar-refractivity contribution in [2.75, 3.05) is 0 Å². The molecular weight excluding hydrogens is 175 g/mol. The number of halogens is 1. The molecule has 0 aliphatic heterocycles. The quantitative estimate of drug-likeness (QED) is 0.398. The van der Waals surface area contributed by atoms with Gasteiger partial charge in [0, 0.05) is 0 Å². The summed E-state index contributed by atoms with van der Waals surface area (Å²) in [5.41, 5.74) is 0.826. The molecule has 1 rings (SSSR count). The molecular formula is C6H8ClN2NaO. The molecule has 1 aromatic rings. The fourth-order valence-electron chi connectivity index (χ4n) is 0.713. The van der Waals surface area contributed by atoms with Crippen molar-refractivity contribution < 1.29 is 35.8 Å². The Morgan fingerprint density at radius 3 is 2.91 bits per heavy atom. The maximum Gasteiger partial charge on any atom is 1.00 e. The third kappa shape index (κ3) is 2.95. The minimum absolute atomic E-state index is 0. The van der Waals surface area contributed by atoms with Crippen LogP contribution in [0, 0.1) is 6.92 Å². The fourth-order valence-corrected chi connectivity index (χ4v) is 0.977. The molecule has 3 nitrogen and oxygen atoms in total. The molecule has 0 saturated heterocycles. The van der Waals surface area contributed by atoms with Crippen molar-refractivity contribution in [1.29, 1.82) is 0 Å². The van der Waals surface area contributed by atoms with Crippen LogP contribution < -0.4 is 29.6 Å². The van der Waals surface area contributed by atoms with Crippen molar-refractivity contribution in [2.45, 2.75) is 13.5 Å². The van der Waals surface area contributed by atoms with Gasteiger partial charge in [0.05, 0.1) is 12.2 Å². The maximum atomic E-state index is 10.0. The van der Waals surface area contributed by atoms with Crippen LogP contribution >= 0.6 is 11.6 Å². The average Bonchev–Trinajstić information content (AvgIpc) is 2.13. The molecule has 0 aliphatic rings. The maximum absolute atomic E-state index is 10.0. The van der Waals surface area contributed by atoms with Gasteiger partial charge in [-0.25, -0.2) is 4.68 Å². The Morgan fingerprint density at radius 1 is 1.91 bits per heavy atom. The van der Waals surface area contributed by atoms with Crippen LogP contribution in [0.5, 0.6) is 0 Å². The summed E-state index contributed by atoms with van der Waals surface area (Å²) in [5, 5.41) is 4.46. The van der Waals surface area contributed by atoms with Crippen molar-refractivity contribution in [2.24, 2.45) is 0 Å². The van der Waals surface area contributed by atoms with Gasteiger partial charge in [-0.15, -0.1) is 0 Å². The average molecular weight is 183 g/mol. The van der Waals surface area contributed by atoms with Crippen molar-refractivity contribution in [3.63, 3.8) is 0 Å². The summed E-state index contributed by atoms with van der Waals surface area (Å²) in [7, 11) is 0. The van der Waals surface area contributed by atoms with Crippen molar-refractivity contribution in [3.8, 4) is 0 Å². The zero-order valence-electron chi connectivity index (χ0n) is 7.54. The van der Waals surface area contributed by atoms with Crippen LogP contribution in [0.3, 0.4) is 0 Å². The number of aryl methyl sites for hydroxylation is 1. The Bertz CT molecular complexity index is 254. The third-order valence-electron chi connectivity index (χ3n) is 1.10. The molecule has 1 heterocycles. The van der Waals surface area contributed by atoms with Gasteiger partial charge >= 0.3 is 29.6 Å². The van der Waals surface area contributed by atoms with Crippen LogP contribution in [0.2, 0.25) is 5.15 Å². The molecule has 11 heavy (non-hydrogen) atoms. The number of nitrogens with zero attached hydrogens (tertiary/aromatic N) is 2. The number of aldehydes is 1. The Balaban J connectivity index is 0. The summed E-state index contributed by atoms with van der Waals surface area (Å²) < 4.78 is 1.45. The molecule has 56 valence electrons. The number of rotatable bonds is 2. The third-order valence-corrected chi connectivity index (χ3v) is 1.40. The summed E-state index contributed by atoms with van der Waals surface area (Å²) in [6.45, 7) is 2.06. The normalized spacial score (nSPS) is 8.91. The molecule has 0 atom stereocenters. The second-order valence-corrected chi connectivity index (χ2v) is 2.34. The first-order valence-electron chi connectivity index (χ1n) is 2.87. The van der Waals surface area contributed by atoms with Crippen LogP contribution in [0.4, 0.5) is 0 Å². The molecule has 0 radical (unpaired) electrons. The van der Waals surface area contributed by atoms with E-state index in [1.165, 1.54) is 4.68 Å². The Labute approximate surface area is 93.5 Å². The number of carbonyl (C=O) groups excluding carboxylic acids is 1. The van der Waals surface area contributed by atoms with E-state index >= 15 is 0 Å². The van der Waals surface area contributed by atoms with Crippen LogP contribution in [-0.4, -0.2) is 16.1 Å². The summed E-state index contributed by atoms with van der Waals surface area (Å²) in [4.78, 5) is 10.0. The molecule has 0 bridgehead atoms. The number of hydrogen-bond donors (Lipinski definition) is 0. The van der Waals surface area contributed by atoms with Gasteiger partial charge in [-0.3, -0.25) is 0 Å². The van der Waals surface area contributed by atoms with E-state index in [-0.39, 0.29) is 37.5 Å². The van der Waals surface area contributed by atoms with Gasteiger partial charge in [0.2, 0.25) is 0 Å². The SMILES string of the molecule is Cc1cc(Cl)n(CC=O)n1.[H-].[Na+]. The first-order chi connectivity index (χ1) is 4.74. The number of carbonyl (C=O) groups is 1. The van der Waals surface area contributed by atoms with E-state index in [9.17, 15) is 4.79 Å². The monoisotopic (exact) mass is 182 g/mol. The summed E-state index contributed by atoms with van der Waals surface area (Å²) in [6.07, 6.45) is 0.762. The molecule has 0 unspecified atom stereocenters. The second-order valence-electron chi connectivity index (χ2n) is 1.96. The molecule has 1 aromatic heterocycles. The molecule has 0 aliphatic carbocycles. The van der Waals surface area contributed by atoms with Crippen LogP contribution in [0.25, 0.3) is 0 Å². The molecule has 0 saturated carbocycles. The van der Waals surface area contributed by atoms with Crippen LogP contribution in [0.1, 0.15) is 7.12 Å². The Morgan fingerprint density at radius 2 is 2.55 bits per heavy atom. The van der Waals surface area contributed by atoms with Gasteiger partial charge in [-0.2, -0.15) is 5.10 Å². The van der Waals surface area contributed by atoms with E-state index in [1.807, 2.05) is 6.92 Å². The molecule has 0 amide bonds. The molecule has 0 N–H and O–H groups in total. The van der Waals surface area contributed by atoms with E-state index in [1.54, 1.807) is 6.07 Å². The standard InChI is InChI=1S/C6H7ClN2O.Na.H/c1-5-4-6(7)9(8-5)2-3-10;;/h3-4H,2H2,1H3;;/q;+1;-1. The number of aromatic nitrogens is 2. The Kier molecular flexibility index (Phi) is 5.01. The molecule has 0 spiro atoms. The zero-order valence-corrected chi connectivity index (χ0v) is 9.30. The zero-order chi connectivity index (χ0) is 7.56. The topological polar surface area (TPSA) is 34.9 Å². The molecule has 5 heteroatoms. The first kappa shape index (κ1) is 11.2. The van der Waals surface area contributed by atoms with E-state index in [0.717, 1.165) is 12.0 Å². The van der Waals surface area contributed by atoms with E-state index in [0.29, 0.717) is 5.15 Å². The summed E-state index contributed by atoms with van der Waals surface area (Å²) in [6, 6.07) is 1.71. The minimum atomic E-state index is 0. The Hall–Kier alpha value is 0.170. The van der Waals surface area contributed by atoms with Crippen molar-refractivity contribution in [1.82, 2.24) is 9.78 Å². The van der Waals surface area contributed by atoms with Gasteiger partial charge in [0.15, 0.2) is 0 Å². The van der Waals surface area contributed by atoms with E-state index in [4.69, 9.17) is 11.6 Å². The van der Waals surface area contributed by atoms with Crippen molar-refractivity contribution >= 4 is 17.9 Å². The fraction of sp³-hybridized carbons (Fsp3) is 0.333. The predicted molar refractivity (Wildman–Crippen MR) is 39.2 cm³/mol. The van der Waals surface area contributed by atoms with Gasteiger partial charge in [0.25, 0.3) is 0 Å². The molecule has 0 aromatic carbocycles. The predicted octanol–water partition coefficient (Wildman–Crippen LogP) is -1.84. The van der Waals surface area contributed by atoms with Gasteiger partial charge in [-0.05, 0) is 13.0 Å². The summed E-state index contributed by atoms with van der Waals surface area (Å²) >= 11 is 5.67. The summed E-state index contributed by atoms with van der Waals surface area (Å²) in [5.74, 6) is 0. The van der Waals surface area contributed by atoms with Crippen molar-refractivity contribution in [3.05, 3.63) is 16.9 Å². The second kappa shape index (κ2) is 4.93. The molecule has 0 fully saturated rings. The van der Waals surface area contributed by atoms with Gasteiger partial charge < -0.3 is 6.22 Å². The minimum Gasteiger partial charge on any atom is -1.00 e. The smallest absolute Gasteiger partial charge is 1.00 e. The van der Waals surface area contributed by atoms with E-state index < -0.39 is 0 Å². The van der Waals surface area contributed by atoms with Crippen LogP contribution in [0.15, 0.2) is 6.07 Å². The first-order valence-corrected chi connectivity index (χ1v) is 3.25. The van der Waals surface area contributed by atoms with E-state index in [2.05, 4.69) is 5.10 Å². The van der Waals surface area contributed by atoms with Gasteiger partial charge in [0.1, 0.15) is 11.4 Å². The van der Waals surface area contributed by atoms with Crippen LogP contribution in [-0.2, 0) is 11.3 Å².